The van der Waals surface area contributed by atoms with Crippen LogP contribution < -0.4 is 19.6 Å². The molecule has 11 aliphatic heterocycles. The Labute approximate surface area is 331 Å². The summed E-state index contributed by atoms with van der Waals surface area (Å²) in [5, 5.41) is 0. The molecule has 0 N–H and O–H groups in total. The van der Waals surface area contributed by atoms with E-state index in [4.69, 9.17) is 9.47 Å². The summed E-state index contributed by atoms with van der Waals surface area (Å²) in [4.78, 5) is 39.4. The number of carbonyl (C=O) groups excluding carboxylic acids is 2. The van der Waals surface area contributed by atoms with Crippen LogP contribution in [0.15, 0.2) is 72.8 Å². The van der Waals surface area contributed by atoms with Gasteiger partial charge in [0.25, 0.3) is 0 Å². The lowest BCUT2D eigenvalue weighted by Crippen LogP contribution is -2.46. The number of esters is 2. The number of hydrogen-bond acceptors (Lipinski definition) is 10. The molecule has 15 rings (SSSR count). The summed E-state index contributed by atoms with van der Waals surface area (Å²) in [7, 11) is 2.96. The molecule has 11 heterocycles. The first kappa shape index (κ1) is 36.6. The van der Waals surface area contributed by atoms with Crippen LogP contribution in [0.2, 0.25) is 0 Å². The lowest BCUT2D eigenvalue weighted by Gasteiger charge is -2.45. The van der Waals surface area contributed by atoms with E-state index in [-0.39, 0.29) is 11.9 Å². The standard InChI is InChI=1S/C46H54N6O4/c1-55-45(53)15-21-47-17-11-33-3-7-41-37(23-33)27-49-31-51(41)29-39-25-35(5-9-43(39)49)13-19-48(22-16-46(54)56-2)20-14-36-6-10-44-40(26-36)30-52-32-50(44)28-38-24-34(12-18-47)4-8-42(38)52/h3-10,23-26H,11-22,27-32H2,1-2H3. The van der Waals surface area contributed by atoms with Crippen LogP contribution in [0.3, 0.4) is 0 Å². The third kappa shape index (κ3) is 7.69. The average Bonchev–Trinajstić information content (AvgIpc) is 3.22. The fourth-order valence-corrected chi connectivity index (χ4v) is 9.52. The van der Waals surface area contributed by atoms with Gasteiger partial charge in [0.2, 0.25) is 0 Å². The number of hydrogen-bond donors (Lipinski definition) is 0. The van der Waals surface area contributed by atoms with E-state index in [1.807, 2.05) is 0 Å². The lowest BCUT2D eigenvalue weighted by molar-refractivity contribution is -0.141. The van der Waals surface area contributed by atoms with Gasteiger partial charge < -0.3 is 38.9 Å². The molecule has 0 saturated carbocycles. The molecule has 0 aliphatic carbocycles. The first-order chi connectivity index (χ1) is 27.4. The first-order valence-electron chi connectivity index (χ1n) is 20.4. The normalized spacial score (nSPS) is 18.0. The van der Waals surface area contributed by atoms with Crippen molar-refractivity contribution in [2.24, 2.45) is 0 Å². The SMILES string of the molecule is COC(=O)CCN1CCc2ccc3c(c2)CN2CN3Cc3cc(ccc32)CCN(CCC(=O)OC)CCc2ccc3c(c2)CN2CN3Cc3cc(ccc32)CC1. The van der Waals surface area contributed by atoms with E-state index in [9.17, 15) is 9.59 Å². The molecule has 0 radical (unpaired) electrons. The summed E-state index contributed by atoms with van der Waals surface area (Å²) >= 11 is 0. The van der Waals surface area contributed by atoms with Crippen LogP contribution in [0.25, 0.3) is 0 Å². The molecular formula is C46H54N6O4. The van der Waals surface area contributed by atoms with Crippen LogP contribution in [0.1, 0.15) is 57.3 Å². The molecule has 4 aromatic carbocycles. The molecule has 0 atom stereocenters. The van der Waals surface area contributed by atoms with Gasteiger partial charge in [-0.15, -0.1) is 0 Å². The molecule has 292 valence electrons. The Kier molecular flexibility index (Phi) is 10.3. The Hall–Kier alpha value is -5.06. The van der Waals surface area contributed by atoms with Gasteiger partial charge in [0.05, 0.1) is 40.4 Å². The molecule has 0 amide bonds. The number of benzene rings is 4. The quantitative estimate of drug-likeness (QED) is 0.223. The molecule has 0 fully saturated rings. The molecule has 10 heteroatoms. The summed E-state index contributed by atoms with van der Waals surface area (Å²) in [5.41, 5.74) is 16.2. The van der Waals surface area contributed by atoms with E-state index in [0.29, 0.717) is 25.9 Å². The van der Waals surface area contributed by atoms with Gasteiger partial charge in [-0.1, -0.05) is 48.5 Å². The number of carbonyl (C=O) groups is 2. The summed E-state index contributed by atoms with van der Waals surface area (Å²) in [6.45, 7) is 10.3. The minimum absolute atomic E-state index is 0.156. The Morgan fingerprint density at radius 3 is 1.02 bits per heavy atom. The largest absolute Gasteiger partial charge is 0.469 e. The van der Waals surface area contributed by atoms with Gasteiger partial charge in [-0.3, -0.25) is 9.59 Å². The smallest absolute Gasteiger partial charge is 0.306 e. The second-order valence-electron chi connectivity index (χ2n) is 16.3. The molecule has 56 heavy (non-hydrogen) atoms. The van der Waals surface area contributed by atoms with Crippen LogP contribution in [0.4, 0.5) is 22.7 Å². The van der Waals surface area contributed by atoms with Crippen LogP contribution in [0.5, 0.6) is 0 Å². The summed E-state index contributed by atoms with van der Waals surface area (Å²) in [5.74, 6) is -0.312. The van der Waals surface area contributed by atoms with E-state index < -0.39 is 0 Å². The minimum Gasteiger partial charge on any atom is -0.469 e. The highest BCUT2D eigenvalue weighted by Gasteiger charge is 2.31. The van der Waals surface area contributed by atoms with Crippen molar-refractivity contribution in [3.8, 4) is 0 Å². The Balaban J connectivity index is 1.01. The molecule has 0 aromatic heterocycles. The van der Waals surface area contributed by atoms with Crippen LogP contribution in [-0.2, 0) is 70.9 Å². The van der Waals surface area contributed by atoms with Crippen molar-refractivity contribution >= 4 is 34.7 Å². The topological polar surface area (TPSA) is 72.0 Å². The summed E-state index contributed by atoms with van der Waals surface area (Å²) in [6, 6.07) is 28.2. The predicted molar refractivity (Wildman–Crippen MR) is 221 cm³/mol. The molecular weight excluding hydrogens is 701 g/mol. The number of methoxy groups -OCH3 is 2. The third-order valence-corrected chi connectivity index (χ3v) is 12.7. The van der Waals surface area contributed by atoms with Gasteiger partial charge in [0.1, 0.15) is 0 Å². The predicted octanol–water partition coefficient (Wildman–Crippen LogP) is 5.90. The van der Waals surface area contributed by atoms with Gasteiger partial charge in [-0.25, -0.2) is 0 Å². The second-order valence-corrected chi connectivity index (χ2v) is 16.3. The van der Waals surface area contributed by atoms with Gasteiger partial charge in [-0.2, -0.15) is 0 Å². The highest BCUT2D eigenvalue weighted by atomic mass is 16.5. The summed E-state index contributed by atoms with van der Waals surface area (Å²) in [6.07, 6.45) is 4.52. The second kappa shape index (κ2) is 15.8. The first-order valence-corrected chi connectivity index (χ1v) is 20.4. The maximum absolute atomic E-state index is 12.2. The highest BCUT2D eigenvalue weighted by Crippen LogP contribution is 2.40. The van der Waals surface area contributed by atoms with Crippen molar-refractivity contribution < 1.29 is 19.1 Å². The van der Waals surface area contributed by atoms with Crippen molar-refractivity contribution in [1.82, 2.24) is 9.80 Å². The van der Waals surface area contributed by atoms with Crippen LogP contribution in [0, 0.1) is 0 Å². The van der Waals surface area contributed by atoms with Crippen molar-refractivity contribution in [2.45, 2.75) is 64.7 Å². The highest BCUT2D eigenvalue weighted by molar-refractivity contribution is 5.71. The third-order valence-electron chi connectivity index (χ3n) is 12.7. The Morgan fingerprint density at radius 1 is 0.464 bits per heavy atom. The molecule has 0 spiro atoms. The van der Waals surface area contributed by atoms with Crippen LogP contribution in [-0.4, -0.2) is 88.6 Å². The summed E-state index contributed by atoms with van der Waals surface area (Å²) < 4.78 is 10.1. The van der Waals surface area contributed by atoms with E-state index in [1.54, 1.807) is 0 Å². The van der Waals surface area contributed by atoms with Crippen molar-refractivity contribution in [3.63, 3.8) is 0 Å². The Bertz CT molecular complexity index is 1840. The molecule has 0 saturated heterocycles. The van der Waals surface area contributed by atoms with E-state index in [2.05, 4.69) is 102 Å². The van der Waals surface area contributed by atoms with E-state index >= 15 is 0 Å². The monoisotopic (exact) mass is 754 g/mol. The van der Waals surface area contributed by atoms with E-state index in [1.165, 1.54) is 81.5 Å². The minimum atomic E-state index is -0.156. The molecule has 11 aliphatic rings. The molecule has 10 nitrogen and oxygen atoms in total. The number of anilines is 4. The number of nitrogens with zero attached hydrogens (tertiary/aromatic N) is 6. The van der Waals surface area contributed by atoms with Gasteiger partial charge in [-0.05, 0) is 94.5 Å². The maximum Gasteiger partial charge on any atom is 0.306 e. The van der Waals surface area contributed by atoms with Gasteiger partial charge in [0, 0.05) is 88.2 Å². The van der Waals surface area contributed by atoms with Crippen molar-refractivity contribution in [2.75, 3.05) is 86.4 Å². The molecule has 0 unspecified atom stereocenters. The fourth-order valence-electron chi connectivity index (χ4n) is 9.52. The van der Waals surface area contributed by atoms with Gasteiger partial charge >= 0.3 is 11.9 Å². The Morgan fingerprint density at radius 2 is 0.750 bits per heavy atom. The van der Waals surface area contributed by atoms with Gasteiger partial charge in [0.15, 0.2) is 0 Å². The molecule has 4 aromatic rings. The fraction of sp³-hybridized carbons (Fsp3) is 0.435. The lowest BCUT2D eigenvalue weighted by atomic mass is 9.96. The van der Waals surface area contributed by atoms with Crippen molar-refractivity contribution in [3.05, 3.63) is 117 Å². The zero-order valence-corrected chi connectivity index (χ0v) is 33.0. The van der Waals surface area contributed by atoms with Crippen LogP contribution >= 0.6 is 0 Å². The van der Waals surface area contributed by atoms with E-state index in [0.717, 1.165) is 91.4 Å². The zero-order chi connectivity index (χ0) is 38.2. The number of rotatable bonds is 6. The average molecular weight is 755 g/mol. The van der Waals surface area contributed by atoms with Crippen molar-refractivity contribution in [1.29, 1.82) is 0 Å². The number of ether oxygens (including phenoxy) is 2. The molecule has 16 bridgehead atoms. The maximum atomic E-state index is 12.2. The zero-order valence-electron chi connectivity index (χ0n) is 33.0.